The number of carbonyl (C=O) groups is 1. The summed E-state index contributed by atoms with van der Waals surface area (Å²) in [5, 5.41) is 0. The van der Waals surface area contributed by atoms with Crippen LogP contribution in [-0.4, -0.2) is 12.6 Å². The molecule has 0 heterocycles. The minimum absolute atomic E-state index is 0.0934. The van der Waals surface area contributed by atoms with Crippen LogP contribution in [0.1, 0.15) is 277 Å². The van der Waals surface area contributed by atoms with Crippen molar-refractivity contribution >= 4 is 5.97 Å². The van der Waals surface area contributed by atoms with Crippen molar-refractivity contribution in [2.75, 3.05) is 6.61 Å². The van der Waals surface area contributed by atoms with Gasteiger partial charge >= 0.3 is 5.97 Å². The molecular formula is C67H114O2. The van der Waals surface area contributed by atoms with Crippen LogP contribution in [0, 0.1) is 17.8 Å². The molecule has 0 radical (unpaired) electrons. The fraction of sp³-hybridized carbons (Fsp3) is 0.687. The molecule has 0 N–H and O–H groups in total. The first-order valence-electron chi connectivity index (χ1n) is 28.6. The lowest BCUT2D eigenvalue weighted by atomic mass is 9.91. The number of rotatable bonds is 41. The second-order valence-electron chi connectivity index (χ2n) is 22.6. The van der Waals surface area contributed by atoms with Gasteiger partial charge in [-0.3, -0.25) is 4.79 Å². The lowest BCUT2D eigenvalue weighted by Gasteiger charge is -2.15. The van der Waals surface area contributed by atoms with Gasteiger partial charge in [-0.25, -0.2) is 0 Å². The summed E-state index contributed by atoms with van der Waals surface area (Å²) in [7, 11) is 0. The zero-order chi connectivity index (χ0) is 51.7. The molecule has 0 aromatic carbocycles. The number of esters is 1. The van der Waals surface area contributed by atoms with Crippen molar-refractivity contribution < 1.29 is 9.53 Å². The molecule has 394 valence electrons. The van der Waals surface area contributed by atoms with Crippen molar-refractivity contribution in [3.63, 3.8) is 0 Å². The Labute approximate surface area is 431 Å². The number of allylic oxidation sites excluding steroid dienone is 19. The first-order chi connectivity index (χ1) is 32.9. The smallest absolute Gasteiger partial charge is 0.306 e. The fourth-order valence-corrected chi connectivity index (χ4v) is 8.82. The van der Waals surface area contributed by atoms with E-state index >= 15 is 0 Å². The van der Waals surface area contributed by atoms with E-state index in [0.29, 0.717) is 13.0 Å². The highest BCUT2D eigenvalue weighted by Gasteiger charge is 2.08. The Morgan fingerprint density at radius 2 is 0.580 bits per heavy atom. The zero-order valence-corrected chi connectivity index (χ0v) is 48.6. The van der Waals surface area contributed by atoms with Crippen molar-refractivity contribution in [2.45, 2.75) is 277 Å². The third-order valence-corrected chi connectivity index (χ3v) is 14.0. The molecule has 0 spiro atoms. The van der Waals surface area contributed by atoms with E-state index in [0.717, 1.165) is 101 Å². The topological polar surface area (TPSA) is 26.3 Å². The van der Waals surface area contributed by atoms with Gasteiger partial charge in [-0.1, -0.05) is 183 Å². The van der Waals surface area contributed by atoms with Gasteiger partial charge in [-0.15, -0.1) is 0 Å². The van der Waals surface area contributed by atoms with Gasteiger partial charge in [0.25, 0.3) is 0 Å². The molecule has 0 saturated carbocycles. The summed E-state index contributed by atoms with van der Waals surface area (Å²) in [5.74, 6) is 2.43. The third kappa shape index (κ3) is 45.7. The van der Waals surface area contributed by atoms with Crippen LogP contribution >= 0.6 is 0 Å². The van der Waals surface area contributed by atoms with Crippen molar-refractivity contribution in [3.8, 4) is 0 Å². The van der Waals surface area contributed by atoms with E-state index in [4.69, 9.17) is 4.74 Å². The average Bonchev–Trinajstić information content (AvgIpc) is 3.26. The molecule has 0 aromatic heterocycles. The molecule has 0 amide bonds. The summed E-state index contributed by atoms with van der Waals surface area (Å²) < 4.78 is 5.53. The molecule has 0 aromatic rings. The molecule has 0 aliphatic rings. The van der Waals surface area contributed by atoms with Crippen LogP contribution in [-0.2, 0) is 9.53 Å². The SMILES string of the molecule is CC(C)=CCC/C(C)=C\CC/C(C)=C\CC/C(C)=C\CC/C(C)=C\CC/C(C)=C\CC/C(C)=C\CC/C(C)=C\CC/C(C)=C\COC(=O)CC/C=C(/C)CCC[C@H](C)CCC[C@H](C)CCCC(C)C. The molecular weight excluding hydrogens is 837 g/mol. The van der Waals surface area contributed by atoms with Crippen LogP contribution < -0.4 is 0 Å². The Bertz CT molecular complexity index is 1670. The molecule has 2 atom stereocenters. The summed E-state index contributed by atoms with van der Waals surface area (Å²) in [5.41, 5.74) is 14.7. The highest BCUT2D eigenvalue weighted by atomic mass is 16.5. The van der Waals surface area contributed by atoms with Crippen molar-refractivity contribution in [3.05, 3.63) is 116 Å². The number of hydrogen-bond acceptors (Lipinski definition) is 2. The van der Waals surface area contributed by atoms with Gasteiger partial charge in [-0.2, -0.15) is 0 Å². The first kappa shape index (κ1) is 65.9. The summed E-state index contributed by atoms with van der Waals surface area (Å²) in [6.45, 7) is 34.7. The van der Waals surface area contributed by atoms with Gasteiger partial charge in [0.1, 0.15) is 6.61 Å². The lowest BCUT2D eigenvalue weighted by molar-refractivity contribution is -0.142. The van der Waals surface area contributed by atoms with Crippen LogP contribution in [0.25, 0.3) is 0 Å². The van der Waals surface area contributed by atoms with Crippen molar-refractivity contribution in [1.82, 2.24) is 0 Å². The molecule has 0 aliphatic heterocycles. The molecule has 0 saturated heterocycles. The first-order valence-corrected chi connectivity index (χ1v) is 28.6. The molecule has 0 aliphatic carbocycles. The summed E-state index contributed by atoms with van der Waals surface area (Å²) >= 11 is 0. The van der Waals surface area contributed by atoms with Crippen molar-refractivity contribution in [2.24, 2.45) is 17.8 Å². The maximum atomic E-state index is 12.4. The normalized spacial score (nSPS) is 15.0. The number of hydrogen-bond donors (Lipinski definition) is 0. The summed E-state index contributed by atoms with van der Waals surface area (Å²) in [4.78, 5) is 12.4. The maximum absolute atomic E-state index is 12.4. The Morgan fingerprint density at radius 3 is 0.899 bits per heavy atom. The van der Waals surface area contributed by atoms with E-state index in [1.165, 1.54) is 139 Å². The standard InChI is InChI=1S/C67H114O2/c1-54(2)28-16-30-56(5)32-18-34-58(7)36-20-37-60(9)38-21-39-61(10)40-22-41-62(11)42-23-43-63(12)44-24-45-64(13)48-26-49-66(15)52-53-69-67(68)51-27-50-65(14)47-25-46-59(8)35-19-33-57(6)31-17-29-55(3)4/h28,32,36,38,40,42,44,48,50,52,55,57,59H,16-27,29-31,33-35,37,39,41,43,45-47,49,51,53H2,1-15H3/b56-32-,58-36-,60-38-,61-40-,62-42-,63-44-,64-48-,65-50-,66-52-/t57-,59-/m1/s1. The molecule has 0 bridgehead atoms. The highest BCUT2D eigenvalue weighted by Crippen LogP contribution is 2.23. The Kier molecular flexibility index (Phi) is 41.7. The predicted octanol–water partition coefficient (Wildman–Crippen LogP) is 22.5. The van der Waals surface area contributed by atoms with Gasteiger partial charge in [0, 0.05) is 6.42 Å². The van der Waals surface area contributed by atoms with E-state index < -0.39 is 0 Å². The van der Waals surface area contributed by atoms with Crippen LogP contribution in [0.5, 0.6) is 0 Å². The molecule has 2 heteroatoms. The molecule has 2 nitrogen and oxygen atoms in total. The largest absolute Gasteiger partial charge is 0.461 e. The minimum atomic E-state index is -0.0934. The highest BCUT2D eigenvalue weighted by molar-refractivity contribution is 5.69. The van der Waals surface area contributed by atoms with Gasteiger partial charge in [-0.05, 0) is 222 Å². The van der Waals surface area contributed by atoms with Crippen LogP contribution in [0.15, 0.2) is 116 Å². The van der Waals surface area contributed by atoms with E-state index in [-0.39, 0.29) is 5.97 Å². The lowest BCUT2D eigenvalue weighted by Crippen LogP contribution is -2.04. The fourth-order valence-electron chi connectivity index (χ4n) is 8.82. The second kappa shape index (κ2) is 43.6. The molecule has 69 heavy (non-hydrogen) atoms. The van der Waals surface area contributed by atoms with E-state index in [1.54, 1.807) is 0 Å². The van der Waals surface area contributed by atoms with Crippen LogP contribution in [0.3, 0.4) is 0 Å². The second-order valence-corrected chi connectivity index (χ2v) is 22.6. The van der Waals surface area contributed by atoms with Gasteiger partial charge < -0.3 is 4.74 Å². The van der Waals surface area contributed by atoms with Gasteiger partial charge in [0.05, 0.1) is 0 Å². The third-order valence-electron chi connectivity index (χ3n) is 14.0. The van der Waals surface area contributed by atoms with Gasteiger partial charge in [0.15, 0.2) is 0 Å². The number of carbonyl (C=O) groups excluding carboxylic acids is 1. The molecule has 0 rings (SSSR count). The Morgan fingerprint density at radius 1 is 0.319 bits per heavy atom. The maximum Gasteiger partial charge on any atom is 0.306 e. The average molecular weight is 952 g/mol. The molecule has 0 unspecified atom stereocenters. The van der Waals surface area contributed by atoms with E-state index in [9.17, 15) is 4.79 Å². The Hall–Kier alpha value is -3.13. The van der Waals surface area contributed by atoms with Crippen molar-refractivity contribution in [1.29, 1.82) is 0 Å². The van der Waals surface area contributed by atoms with Crippen LogP contribution in [0.4, 0.5) is 0 Å². The Balaban J connectivity index is 4.20. The van der Waals surface area contributed by atoms with Crippen LogP contribution in [0.2, 0.25) is 0 Å². The van der Waals surface area contributed by atoms with Gasteiger partial charge in [0.2, 0.25) is 0 Å². The van der Waals surface area contributed by atoms with E-state index in [1.807, 2.05) is 0 Å². The number of ether oxygens (including phenoxy) is 1. The monoisotopic (exact) mass is 951 g/mol. The summed E-state index contributed by atoms with van der Waals surface area (Å²) in [6, 6.07) is 0. The van der Waals surface area contributed by atoms with E-state index in [2.05, 4.69) is 165 Å². The predicted molar refractivity (Wildman–Crippen MR) is 312 cm³/mol. The summed E-state index contributed by atoms with van der Waals surface area (Å²) in [6.07, 6.45) is 55.2. The molecule has 0 fully saturated rings. The quantitative estimate of drug-likeness (QED) is 0.0451. The zero-order valence-electron chi connectivity index (χ0n) is 48.6. The minimum Gasteiger partial charge on any atom is -0.461 e.